The maximum Gasteiger partial charge on any atom is 0.306 e. The lowest BCUT2D eigenvalue weighted by atomic mass is 9.98. The van der Waals surface area contributed by atoms with E-state index in [2.05, 4.69) is 15.3 Å². The molecule has 1 fully saturated rings. The van der Waals surface area contributed by atoms with Gasteiger partial charge in [-0.15, -0.1) is 0 Å². The average molecular weight is 414 g/mol. The van der Waals surface area contributed by atoms with Crippen LogP contribution in [0.15, 0.2) is 12.4 Å². The van der Waals surface area contributed by atoms with E-state index in [1.165, 1.54) is 19.1 Å². The van der Waals surface area contributed by atoms with E-state index in [4.69, 9.17) is 5.11 Å². The first-order valence-corrected chi connectivity index (χ1v) is 11.6. The Labute approximate surface area is 167 Å². The van der Waals surface area contributed by atoms with E-state index in [0.29, 0.717) is 17.5 Å². The number of ketones is 1. The summed E-state index contributed by atoms with van der Waals surface area (Å²) in [4.78, 5) is 42.8. The second-order valence-electron chi connectivity index (χ2n) is 6.84. The van der Waals surface area contributed by atoms with E-state index < -0.39 is 17.9 Å². The van der Waals surface area contributed by atoms with Crippen molar-refractivity contribution in [2.24, 2.45) is 5.92 Å². The monoisotopic (exact) mass is 413 g/mol. The van der Waals surface area contributed by atoms with E-state index in [1.54, 1.807) is 12.4 Å². The van der Waals surface area contributed by atoms with Crippen molar-refractivity contribution in [3.8, 4) is 0 Å². The topological polar surface area (TPSA) is 112 Å². The third-order valence-electron chi connectivity index (χ3n) is 4.51. The summed E-state index contributed by atoms with van der Waals surface area (Å²) in [6.07, 6.45) is 7.88. The Morgan fingerprint density at radius 3 is 2.85 bits per heavy atom. The summed E-state index contributed by atoms with van der Waals surface area (Å²) >= 11 is 0. The van der Waals surface area contributed by atoms with Gasteiger partial charge in [0, 0.05) is 42.7 Å². The lowest BCUT2D eigenvalue weighted by molar-refractivity contribution is -0.143. The summed E-state index contributed by atoms with van der Waals surface area (Å²) in [7, 11) is 3.85. The van der Waals surface area contributed by atoms with Gasteiger partial charge in [0.1, 0.15) is 5.82 Å². The summed E-state index contributed by atoms with van der Waals surface area (Å²) in [5.41, 5.74) is 0. The molecule has 0 radical (unpaired) electrons. The zero-order valence-corrected chi connectivity index (χ0v) is 17.1. The minimum Gasteiger partial charge on any atom is -0.481 e. The Morgan fingerprint density at radius 2 is 2.22 bits per heavy atom. The van der Waals surface area contributed by atoms with Gasteiger partial charge in [-0.3, -0.25) is 14.4 Å². The number of nitrogens with zero attached hydrogens (tertiary/aromatic N) is 1. The molecule has 1 aliphatic rings. The van der Waals surface area contributed by atoms with Gasteiger partial charge in [-0.2, -0.15) is 0 Å². The number of unbranched alkanes of at least 4 members (excludes halogenated alkanes) is 1. The Bertz CT molecular complexity index is 618. The molecule has 150 valence electrons. The molecule has 0 spiro atoms. The molecule has 1 saturated heterocycles. The minimum atomic E-state index is -1.02. The Kier molecular flexibility index (Phi) is 9.20. The third kappa shape index (κ3) is 7.96. The van der Waals surface area contributed by atoms with Crippen LogP contribution in [0.1, 0.15) is 51.3 Å². The molecule has 3 N–H and O–H groups in total. The van der Waals surface area contributed by atoms with Gasteiger partial charge in [0.15, 0.2) is 5.78 Å². The van der Waals surface area contributed by atoms with Crippen LogP contribution in [0.25, 0.3) is 0 Å². The lowest BCUT2D eigenvalue weighted by Gasteiger charge is -2.18. The van der Waals surface area contributed by atoms with Crippen LogP contribution >= 0.6 is 21.6 Å². The zero-order valence-electron chi connectivity index (χ0n) is 15.5. The minimum absolute atomic E-state index is 0.114. The number of imidazole rings is 1. The van der Waals surface area contributed by atoms with Crippen LogP contribution in [0.5, 0.6) is 0 Å². The van der Waals surface area contributed by atoms with Crippen LogP contribution in [0.2, 0.25) is 0 Å². The molecular formula is C18H27N3O4S2. The van der Waals surface area contributed by atoms with E-state index >= 15 is 0 Å². The predicted octanol–water partition coefficient (Wildman–Crippen LogP) is 2.83. The third-order valence-corrected chi connectivity index (χ3v) is 7.52. The van der Waals surface area contributed by atoms with Gasteiger partial charge in [0.05, 0.1) is 12.0 Å². The maximum atomic E-state index is 12.5. The van der Waals surface area contributed by atoms with Crippen molar-refractivity contribution in [2.45, 2.75) is 63.2 Å². The van der Waals surface area contributed by atoms with Gasteiger partial charge in [-0.1, -0.05) is 34.9 Å². The van der Waals surface area contributed by atoms with E-state index in [9.17, 15) is 14.4 Å². The number of H-pyrrole nitrogens is 1. The fourth-order valence-corrected chi connectivity index (χ4v) is 5.90. The molecule has 27 heavy (non-hydrogen) atoms. The fraction of sp³-hybridized carbons (Fsp3) is 0.667. The number of rotatable bonds is 12. The molecule has 2 rings (SSSR count). The summed E-state index contributed by atoms with van der Waals surface area (Å²) in [5, 5.41) is 12.5. The zero-order chi connectivity index (χ0) is 19.6. The summed E-state index contributed by atoms with van der Waals surface area (Å²) < 4.78 is 0. The number of hydrogen-bond donors (Lipinski definition) is 3. The molecule has 3 unspecified atom stereocenters. The van der Waals surface area contributed by atoms with Gasteiger partial charge < -0.3 is 15.4 Å². The van der Waals surface area contributed by atoms with E-state index in [0.717, 1.165) is 19.3 Å². The number of amides is 1. The Morgan fingerprint density at radius 1 is 1.41 bits per heavy atom. The molecule has 2 heterocycles. The lowest BCUT2D eigenvalue weighted by Crippen LogP contribution is -2.43. The maximum absolute atomic E-state index is 12.5. The van der Waals surface area contributed by atoms with Crippen molar-refractivity contribution in [3.63, 3.8) is 0 Å². The molecule has 1 amide bonds. The van der Waals surface area contributed by atoms with Crippen LogP contribution in [0, 0.1) is 5.92 Å². The van der Waals surface area contributed by atoms with Crippen LogP contribution < -0.4 is 5.32 Å². The van der Waals surface area contributed by atoms with Gasteiger partial charge in [0.25, 0.3) is 0 Å². The van der Waals surface area contributed by atoms with Gasteiger partial charge in [0.2, 0.25) is 5.91 Å². The summed E-state index contributed by atoms with van der Waals surface area (Å²) in [6, 6.07) is -0.757. The van der Waals surface area contributed by atoms with Crippen LogP contribution in [0.3, 0.4) is 0 Å². The van der Waals surface area contributed by atoms with Crippen molar-refractivity contribution >= 4 is 39.2 Å². The molecule has 1 aliphatic heterocycles. The summed E-state index contributed by atoms with van der Waals surface area (Å²) in [6.45, 7) is 1.49. The number of carboxylic acid groups (broad SMARTS) is 1. The predicted molar refractivity (Wildman–Crippen MR) is 108 cm³/mol. The van der Waals surface area contributed by atoms with Crippen molar-refractivity contribution in [3.05, 3.63) is 18.2 Å². The molecular weight excluding hydrogens is 386 g/mol. The fourth-order valence-electron chi connectivity index (χ4n) is 2.87. The first-order valence-electron chi connectivity index (χ1n) is 9.27. The van der Waals surface area contributed by atoms with Gasteiger partial charge in [-0.05, 0) is 19.3 Å². The molecule has 0 aromatic carbocycles. The highest BCUT2D eigenvalue weighted by Crippen LogP contribution is 2.39. The number of Topliss-reactive ketones (excluding diaryl/α,β-unsaturated/α-hetero) is 1. The van der Waals surface area contributed by atoms with E-state index in [-0.39, 0.29) is 24.5 Å². The smallest absolute Gasteiger partial charge is 0.306 e. The van der Waals surface area contributed by atoms with Crippen LogP contribution in [-0.2, 0) is 20.8 Å². The van der Waals surface area contributed by atoms with Gasteiger partial charge in [-0.25, -0.2) is 4.98 Å². The first kappa shape index (κ1) is 21.8. The van der Waals surface area contributed by atoms with Crippen LogP contribution in [0.4, 0.5) is 0 Å². The van der Waals surface area contributed by atoms with E-state index in [1.807, 2.05) is 21.6 Å². The normalized spacial score (nSPS) is 18.8. The van der Waals surface area contributed by atoms with Crippen molar-refractivity contribution in [1.82, 2.24) is 15.3 Å². The number of aliphatic carboxylic acids is 1. The number of aromatic amines is 1. The number of nitrogens with one attached hydrogen (secondary N) is 2. The molecule has 1 aromatic rings. The number of carbonyl (C=O) groups is 3. The second-order valence-corrected chi connectivity index (χ2v) is 9.63. The average Bonchev–Trinajstić information content (AvgIpc) is 3.31. The van der Waals surface area contributed by atoms with Crippen molar-refractivity contribution in [2.75, 3.05) is 5.75 Å². The van der Waals surface area contributed by atoms with Gasteiger partial charge >= 0.3 is 5.97 Å². The first-order chi connectivity index (χ1) is 13.0. The largest absolute Gasteiger partial charge is 0.481 e. The molecule has 7 nitrogen and oxygen atoms in total. The number of hydrogen-bond acceptors (Lipinski definition) is 6. The number of carboxylic acids is 1. The highest BCUT2D eigenvalue weighted by Gasteiger charge is 2.26. The Balaban J connectivity index is 1.81. The Hall–Kier alpha value is -1.48. The molecule has 3 atom stereocenters. The molecule has 9 heteroatoms. The van der Waals surface area contributed by atoms with Crippen molar-refractivity contribution in [1.29, 1.82) is 0 Å². The number of aromatic nitrogens is 2. The van der Waals surface area contributed by atoms with Crippen LogP contribution in [-0.4, -0.2) is 49.8 Å². The molecule has 1 aromatic heterocycles. The molecule has 0 saturated carbocycles. The standard InChI is InChI=1S/C18H27N3O4S2/c1-12(18(24)25)10-15(22)14(11-16-19-7-8-20-16)21-17(23)5-3-2-4-13-6-9-26-27-13/h7-8,12-14H,2-6,9-11H2,1H3,(H,19,20)(H,21,23)(H,24,25). The highest BCUT2D eigenvalue weighted by molar-refractivity contribution is 8.77. The SMILES string of the molecule is CC(CC(=O)C(Cc1ncc[nH]1)NC(=O)CCCCC1CCSS1)C(=O)O. The van der Waals surface area contributed by atoms with Crippen molar-refractivity contribution < 1.29 is 19.5 Å². The highest BCUT2D eigenvalue weighted by atomic mass is 33.1. The second kappa shape index (κ2) is 11.4. The molecule has 0 bridgehead atoms. The number of carbonyl (C=O) groups excluding carboxylic acids is 2. The summed E-state index contributed by atoms with van der Waals surface area (Å²) in [5.74, 6) is -0.455. The molecule has 0 aliphatic carbocycles. The quantitative estimate of drug-likeness (QED) is 0.357.